The molecule has 2 fully saturated rings. The van der Waals surface area contributed by atoms with E-state index in [9.17, 15) is 9.59 Å². The summed E-state index contributed by atoms with van der Waals surface area (Å²) in [6, 6.07) is 7.60. The molecule has 1 aliphatic carbocycles. The van der Waals surface area contributed by atoms with E-state index in [1.54, 1.807) is 19.2 Å². The number of quaternary nitrogens is 1. The van der Waals surface area contributed by atoms with Gasteiger partial charge in [0.1, 0.15) is 11.8 Å². The third-order valence-electron chi connectivity index (χ3n) is 4.75. The van der Waals surface area contributed by atoms with Gasteiger partial charge in [-0.1, -0.05) is 18.6 Å². The standard InChI is InChI=1S/C17H23N3O3/c1-23-15-9-5-4-8-13(15)19-16(21)10-14-17(22)20-12-7-3-2-6-11(12)18-14/h4-5,8-9,11-12,14,18H,2-3,6-7,10H2,1H3,(H,19,21)(H,20,22)/p+1/t11-,12+,14-/m1/s1. The minimum atomic E-state index is -0.343. The molecule has 23 heavy (non-hydrogen) atoms. The summed E-state index contributed by atoms with van der Waals surface area (Å²) in [6.07, 6.45) is 4.71. The molecule has 6 nitrogen and oxygen atoms in total. The lowest BCUT2D eigenvalue weighted by atomic mass is 9.87. The van der Waals surface area contributed by atoms with Gasteiger partial charge in [0.25, 0.3) is 5.91 Å². The number of amides is 2. The average Bonchev–Trinajstić information content (AvgIpc) is 2.56. The summed E-state index contributed by atoms with van der Waals surface area (Å²) in [4.78, 5) is 24.5. The highest BCUT2D eigenvalue weighted by Crippen LogP contribution is 2.23. The molecule has 1 aliphatic heterocycles. The van der Waals surface area contributed by atoms with Gasteiger partial charge in [-0.25, -0.2) is 0 Å². The van der Waals surface area contributed by atoms with Crippen LogP contribution in [0.5, 0.6) is 5.75 Å². The SMILES string of the molecule is COc1ccccc1NC(=O)C[C@H]1[NH2+][C@@H]2CCCC[C@@H]2NC1=O. The van der Waals surface area contributed by atoms with E-state index in [1.807, 2.05) is 12.1 Å². The third kappa shape index (κ3) is 3.64. The molecule has 1 saturated heterocycles. The number of para-hydroxylation sites is 2. The maximum absolute atomic E-state index is 12.3. The van der Waals surface area contributed by atoms with Crippen LogP contribution in [0.15, 0.2) is 24.3 Å². The summed E-state index contributed by atoms with van der Waals surface area (Å²) in [5.74, 6) is 0.425. The molecular weight excluding hydrogens is 294 g/mol. The van der Waals surface area contributed by atoms with Crippen molar-refractivity contribution in [3.8, 4) is 5.75 Å². The van der Waals surface area contributed by atoms with Gasteiger partial charge >= 0.3 is 0 Å². The molecule has 3 atom stereocenters. The second-order valence-electron chi connectivity index (χ2n) is 6.31. The number of carbonyl (C=O) groups is 2. The van der Waals surface area contributed by atoms with Gasteiger partial charge < -0.3 is 20.7 Å². The Morgan fingerprint density at radius 2 is 2.13 bits per heavy atom. The summed E-state index contributed by atoms with van der Waals surface area (Å²) in [5, 5.41) is 8.01. The average molecular weight is 318 g/mol. The quantitative estimate of drug-likeness (QED) is 0.751. The van der Waals surface area contributed by atoms with Crippen LogP contribution in [0.4, 0.5) is 5.69 Å². The third-order valence-corrected chi connectivity index (χ3v) is 4.75. The van der Waals surface area contributed by atoms with E-state index in [-0.39, 0.29) is 30.3 Å². The number of carbonyl (C=O) groups excluding carboxylic acids is 2. The van der Waals surface area contributed by atoms with Gasteiger partial charge in [0.2, 0.25) is 5.91 Å². The van der Waals surface area contributed by atoms with Gasteiger partial charge in [-0.05, 0) is 25.0 Å². The van der Waals surface area contributed by atoms with Crippen molar-refractivity contribution in [3.63, 3.8) is 0 Å². The lowest BCUT2D eigenvalue weighted by molar-refractivity contribution is -0.718. The number of methoxy groups -OCH3 is 1. The van der Waals surface area contributed by atoms with Crippen molar-refractivity contribution in [2.24, 2.45) is 0 Å². The van der Waals surface area contributed by atoms with Crippen LogP contribution in [0, 0.1) is 0 Å². The highest BCUT2D eigenvalue weighted by atomic mass is 16.5. The summed E-state index contributed by atoms with van der Waals surface area (Å²) in [7, 11) is 1.57. The molecule has 2 aliphatic rings. The van der Waals surface area contributed by atoms with Gasteiger partial charge in [-0.15, -0.1) is 0 Å². The number of nitrogens with two attached hydrogens (primary N) is 1. The largest absolute Gasteiger partial charge is 0.495 e. The number of benzene rings is 1. The predicted octanol–water partition coefficient (Wildman–Crippen LogP) is 0.397. The zero-order valence-electron chi connectivity index (χ0n) is 13.4. The molecule has 0 unspecified atom stereocenters. The van der Waals surface area contributed by atoms with Crippen LogP contribution >= 0.6 is 0 Å². The topological polar surface area (TPSA) is 84.0 Å². The van der Waals surface area contributed by atoms with Crippen molar-refractivity contribution in [2.45, 2.75) is 50.2 Å². The molecular formula is C17H24N3O3+. The number of ether oxygens (including phenoxy) is 1. The van der Waals surface area contributed by atoms with Gasteiger partial charge in [0.05, 0.1) is 25.3 Å². The van der Waals surface area contributed by atoms with Crippen molar-refractivity contribution in [2.75, 3.05) is 12.4 Å². The number of rotatable bonds is 4. The second kappa shape index (κ2) is 7.00. The van der Waals surface area contributed by atoms with Crippen LogP contribution in [0.25, 0.3) is 0 Å². The molecule has 1 aromatic rings. The van der Waals surface area contributed by atoms with E-state index in [2.05, 4.69) is 16.0 Å². The van der Waals surface area contributed by atoms with Crippen molar-refractivity contribution in [1.82, 2.24) is 5.32 Å². The Hall–Kier alpha value is -2.08. The lowest BCUT2D eigenvalue weighted by Crippen LogP contribution is -3.03. The summed E-state index contributed by atoms with van der Waals surface area (Å²) in [6.45, 7) is 0. The highest BCUT2D eigenvalue weighted by Gasteiger charge is 2.40. The first kappa shape index (κ1) is 15.8. The fourth-order valence-corrected chi connectivity index (χ4v) is 3.55. The van der Waals surface area contributed by atoms with Crippen molar-refractivity contribution in [3.05, 3.63) is 24.3 Å². The van der Waals surface area contributed by atoms with Crippen LogP contribution in [-0.4, -0.2) is 37.0 Å². The van der Waals surface area contributed by atoms with Gasteiger partial charge in [0.15, 0.2) is 6.04 Å². The maximum Gasteiger partial charge on any atom is 0.279 e. The van der Waals surface area contributed by atoms with Gasteiger partial charge in [-0.3, -0.25) is 9.59 Å². The van der Waals surface area contributed by atoms with E-state index in [4.69, 9.17) is 4.74 Å². The van der Waals surface area contributed by atoms with E-state index in [0.29, 0.717) is 17.5 Å². The smallest absolute Gasteiger partial charge is 0.279 e. The monoisotopic (exact) mass is 318 g/mol. The predicted molar refractivity (Wildman–Crippen MR) is 86.1 cm³/mol. The molecule has 2 amide bonds. The van der Waals surface area contributed by atoms with Crippen LogP contribution in [-0.2, 0) is 9.59 Å². The molecule has 3 rings (SSSR count). The minimum Gasteiger partial charge on any atom is -0.495 e. The molecule has 0 bridgehead atoms. The molecule has 6 heteroatoms. The zero-order valence-corrected chi connectivity index (χ0v) is 13.4. The number of nitrogens with one attached hydrogen (secondary N) is 2. The van der Waals surface area contributed by atoms with Crippen molar-refractivity contribution in [1.29, 1.82) is 0 Å². The first-order valence-corrected chi connectivity index (χ1v) is 8.25. The number of hydrogen-bond acceptors (Lipinski definition) is 3. The molecule has 124 valence electrons. The van der Waals surface area contributed by atoms with Crippen LogP contribution in [0.1, 0.15) is 32.1 Å². The summed E-state index contributed by atoms with van der Waals surface area (Å²) < 4.78 is 5.23. The van der Waals surface area contributed by atoms with Gasteiger partial charge in [-0.2, -0.15) is 0 Å². The first-order chi connectivity index (χ1) is 11.2. The summed E-state index contributed by atoms with van der Waals surface area (Å²) >= 11 is 0. The highest BCUT2D eigenvalue weighted by molar-refractivity contribution is 5.96. The van der Waals surface area contributed by atoms with Crippen LogP contribution < -0.4 is 20.7 Å². The van der Waals surface area contributed by atoms with E-state index in [1.165, 1.54) is 12.8 Å². The van der Waals surface area contributed by atoms with E-state index < -0.39 is 0 Å². The molecule has 0 radical (unpaired) electrons. The Bertz CT molecular complexity index is 590. The Balaban J connectivity index is 1.60. The summed E-state index contributed by atoms with van der Waals surface area (Å²) in [5.41, 5.74) is 0.631. The molecule has 4 N–H and O–H groups in total. The zero-order chi connectivity index (χ0) is 16.2. The number of fused-ring (bicyclic) bond motifs is 1. The molecule has 1 saturated carbocycles. The van der Waals surface area contributed by atoms with Crippen LogP contribution in [0.2, 0.25) is 0 Å². The lowest BCUT2D eigenvalue weighted by Gasteiger charge is -2.37. The normalized spacial score (nSPS) is 26.8. The molecule has 0 spiro atoms. The Morgan fingerprint density at radius 1 is 1.35 bits per heavy atom. The number of hydrogen-bond donors (Lipinski definition) is 3. The fourth-order valence-electron chi connectivity index (χ4n) is 3.55. The number of anilines is 1. The van der Waals surface area contributed by atoms with Crippen molar-refractivity contribution < 1.29 is 19.6 Å². The minimum absolute atomic E-state index is 0.0247. The second-order valence-corrected chi connectivity index (χ2v) is 6.31. The Morgan fingerprint density at radius 3 is 2.96 bits per heavy atom. The maximum atomic E-state index is 12.3. The van der Waals surface area contributed by atoms with E-state index >= 15 is 0 Å². The Kier molecular flexibility index (Phi) is 4.81. The van der Waals surface area contributed by atoms with Gasteiger partial charge in [0, 0.05) is 6.42 Å². The van der Waals surface area contributed by atoms with Crippen molar-refractivity contribution >= 4 is 17.5 Å². The molecule has 1 heterocycles. The van der Waals surface area contributed by atoms with E-state index in [0.717, 1.165) is 12.8 Å². The van der Waals surface area contributed by atoms with Crippen LogP contribution in [0.3, 0.4) is 0 Å². The first-order valence-electron chi connectivity index (χ1n) is 8.25. The fraction of sp³-hybridized carbons (Fsp3) is 0.529. The number of piperazine rings is 1. The molecule has 0 aromatic heterocycles. The molecule has 1 aromatic carbocycles. The Labute approximate surface area is 136 Å².